The number of hydrogen-bond acceptors (Lipinski definition) is 3. The van der Waals surface area contributed by atoms with E-state index in [2.05, 4.69) is 55.3 Å². The lowest BCUT2D eigenvalue weighted by Crippen LogP contribution is -2.68. The maximum absolute atomic E-state index is 12.9. The van der Waals surface area contributed by atoms with E-state index in [1.807, 2.05) is 4.90 Å². The Hall–Kier alpha value is -1.75. The number of ether oxygens (including phenoxy) is 1. The highest BCUT2D eigenvalue weighted by Gasteiger charge is 2.60. The van der Waals surface area contributed by atoms with E-state index in [0.29, 0.717) is 12.0 Å². The van der Waals surface area contributed by atoms with E-state index in [1.165, 1.54) is 11.3 Å². The molecule has 0 bridgehead atoms. The van der Waals surface area contributed by atoms with Crippen LogP contribution in [0.25, 0.3) is 0 Å². The van der Waals surface area contributed by atoms with Crippen molar-refractivity contribution in [2.45, 2.75) is 45.8 Å². The number of amides is 2. The molecular weight excluding hydrogens is 326 g/mol. The summed E-state index contributed by atoms with van der Waals surface area (Å²) in [5.74, 6) is 0.491. The summed E-state index contributed by atoms with van der Waals surface area (Å²) in [6.07, 6.45) is 2.39. The molecule has 3 aliphatic rings. The fourth-order valence-electron chi connectivity index (χ4n) is 4.98. The molecule has 0 aromatic heterocycles. The Morgan fingerprint density at radius 3 is 2.69 bits per heavy atom. The van der Waals surface area contributed by atoms with Crippen LogP contribution >= 0.6 is 0 Å². The van der Waals surface area contributed by atoms with Crippen molar-refractivity contribution in [1.82, 2.24) is 10.2 Å². The van der Waals surface area contributed by atoms with Crippen LogP contribution in [-0.2, 0) is 4.74 Å². The van der Waals surface area contributed by atoms with E-state index < -0.39 is 0 Å². The third-order valence-electron chi connectivity index (χ3n) is 6.56. The van der Waals surface area contributed by atoms with Crippen molar-refractivity contribution in [2.24, 2.45) is 11.3 Å². The molecule has 5 nitrogen and oxygen atoms in total. The summed E-state index contributed by atoms with van der Waals surface area (Å²) in [5, 5.41) is 3.33. The first-order valence-corrected chi connectivity index (χ1v) is 9.95. The maximum Gasteiger partial charge on any atom is 0.317 e. The molecule has 4 rings (SSSR count). The SMILES string of the molecule is Cc1ccc(N2CCCN(C(=O)N[C@@H]3[C@H]4CCO[C@@H]4C3(C)C)CC2)cc1. The van der Waals surface area contributed by atoms with Gasteiger partial charge in [0.25, 0.3) is 0 Å². The van der Waals surface area contributed by atoms with Crippen LogP contribution in [-0.4, -0.2) is 55.9 Å². The molecular formula is C21H31N3O2. The zero-order chi connectivity index (χ0) is 18.3. The van der Waals surface area contributed by atoms with E-state index in [0.717, 1.165) is 45.6 Å². The number of benzene rings is 1. The van der Waals surface area contributed by atoms with Gasteiger partial charge in [-0.05, 0) is 31.9 Å². The number of hydrogen-bond donors (Lipinski definition) is 1. The Morgan fingerprint density at radius 2 is 1.92 bits per heavy atom. The molecule has 5 heteroatoms. The van der Waals surface area contributed by atoms with E-state index in [9.17, 15) is 4.79 Å². The highest BCUT2D eigenvalue weighted by atomic mass is 16.5. The second kappa shape index (κ2) is 6.76. The summed E-state index contributed by atoms with van der Waals surface area (Å²) in [5.41, 5.74) is 2.57. The van der Waals surface area contributed by atoms with Crippen LogP contribution in [0.15, 0.2) is 24.3 Å². The lowest BCUT2D eigenvalue weighted by molar-refractivity contribution is -0.109. The lowest BCUT2D eigenvalue weighted by Gasteiger charge is -2.54. The smallest absolute Gasteiger partial charge is 0.317 e. The first-order valence-electron chi connectivity index (χ1n) is 9.95. The van der Waals surface area contributed by atoms with Gasteiger partial charge in [0.2, 0.25) is 0 Å². The number of fused-ring (bicyclic) bond motifs is 1. The van der Waals surface area contributed by atoms with Crippen molar-refractivity contribution < 1.29 is 9.53 Å². The predicted molar refractivity (Wildman–Crippen MR) is 104 cm³/mol. The zero-order valence-electron chi connectivity index (χ0n) is 16.2. The monoisotopic (exact) mass is 357 g/mol. The molecule has 2 saturated heterocycles. The molecule has 26 heavy (non-hydrogen) atoms. The predicted octanol–water partition coefficient (Wildman–Crippen LogP) is 3.03. The number of urea groups is 1. The minimum absolute atomic E-state index is 0.0383. The number of carbonyl (C=O) groups excluding carboxylic acids is 1. The van der Waals surface area contributed by atoms with E-state index in [4.69, 9.17) is 4.74 Å². The molecule has 1 aromatic carbocycles. The number of rotatable bonds is 2. The molecule has 1 saturated carbocycles. The third-order valence-corrected chi connectivity index (χ3v) is 6.56. The summed E-state index contributed by atoms with van der Waals surface area (Å²) in [4.78, 5) is 17.3. The molecule has 2 aliphatic heterocycles. The van der Waals surface area contributed by atoms with Crippen LogP contribution in [0.2, 0.25) is 0 Å². The summed E-state index contributed by atoms with van der Waals surface area (Å²) < 4.78 is 5.84. The van der Waals surface area contributed by atoms with Gasteiger partial charge in [-0.15, -0.1) is 0 Å². The molecule has 0 radical (unpaired) electrons. The van der Waals surface area contributed by atoms with Crippen molar-refractivity contribution in [3.63, 3.8) is 0 Å². The van der Waals surface area contributed by atoms with Crippen LogP contribution < -0.4 is 10.2 Å². The van der Waals surface area contributed by atoms with Gasteiger partial charge in [0.1, 0.15) is 0 Å². The van der Waals surface area contributed by atoms with Gasteiger partial charge in [-0.1, -0.05) is 31.5 Å². The molecule has 2 amide bonds. The molecule has 3 fully saturated rings. The lowest BCUT2D eigenvalue weighted by atomic mass is 9.57. The Balaban J connectivity index is 1.35. The average molecular weight is 357 g/mol. The highest BCUT2D eigenvalue weighted by Crippen LogP contribution is 2.52. The minimum atomic E-state index is 0.0383. The second-order valence-electron chi connectivity index (χ2n) is 8.66. The topological polar surface area (TPSA) is 44.8 Å². The zero-order valence-corrected chi connectivity index (χ0v) is 16.2. The molecule has 0 unspecified atom stereocenters. The summed E-state index contributed by atoms with van der Waals surface area (Å²) >= 11 is 0. The Bertz CT molecular complexity index is 658. The van der Waals surface area contributed by atoms with Gasteiger partial charge in [0, 0.05) is 55.8 Å². The summed E-state index contributed by atoms with van der Waals surface area (Å²) in [7, 11) is 0. The van der Waals surface area contributed by atoms with Gasteiger partial charge in [-0.2, -0.15) is 0 Å². The maximum atomic E-state index is 12.9. The molecule has 1 aromatic rings. The third kappa shape index (κ3) is 3.07. The first-order chi connectivity index (χ1) is 12.5. The van der Waals surface area contributed by atoms with Crippen molar-refractivity contribution in [2.75, 3.05) is 37.7 Å². The number of aryl methyl sites for hydroxylation is 1. The number of anilines is 1. The van der Waals surface area contributed by atoms with Crippen LogP contribution in [0.1, 0.15) is 32.3 Å². The van der Waals surface area contributed by atoms with Gasteiger partial charge >= 0.3 is 6.03 Å². The van der Waals surface area contributed by atoms with Gasteiger partial charge in [0.05, 0.1) is 6.10 Å². The molecule has 0 spiro atoms. The highest BCUT2D eigenvalue weighted by molar-refractivity contribution is 5.75. The van der Waals surface area contributed by atoms with Gasteiger partial charge < -0.3 is 19.9 Å². The van der Waals surface area contributed by atoms with Crippen LogP contribution in [0.4, 0.5) is 10.5 Å². The average Bonchev–Trinajstić information content (AvgIpc) is 2.94. The number of nitrogens with zero attached hydrogens (tertiary/aromatic N) is 2. The fraction of sp³-hybridized carbons (Fsp3) is 0.667. The molecule has 3 atom stereocenters. The van der Waals surface area contributed by atoms with E-state index in [1.54, 1.807) is 0 Å². The number of nitrogens with one attached hydrogen (secondary N) is 1. The second-order valence-corrected chi connectivity index (χ2v) is 8.66. The quantitative estimate of drug-likeness (QED) is 0.885. The summed E-state index contributed by atoms with van der Waals surface area (Å²) in [6, 6.07) is 9.01. The largest absolute Gasteiger partial charge is 0.377 e. The molecule has 2 heterocycles. The first kappa shape index (κ1) is 17.7. The summed E-state index contributed by atoms with van der Waals surface area (Å²) in [6.45, 7) is 10.9. The molecule has 1 aliphatic carbocycles. The van der Waals surface area contributed by atoms with Gasteiger partial charge in [-0.25, -0.2) is 4.79 Å². The van der Waals surface area contributed by atoms with Gasteiger partial charge in [-0.3, -0.25) is 0 Å². The molecule has 142 valence electrons. The minimum Gasteiger partial charge on any atom is -0.377 e. The fourth-order valence-corrected chi connectivity index (χ4v) is 4.98. The molecule has 1 N–H and O–H groups in total. The standard InChI is InChI=1S/C21H31N3O2/c1-15-5-7-16(8-6-15)23-10-4-11-24(13-12-23)20(25)22-18-17-9-14-26-19(17)21(18,2)3/h5-8,17-19H,4,9-14H2,1-3H3,(H,22,25)/t17-,18-,19+/m1/s1. The van der Waals surface area contributed by atoms with Crippen molar-refractivity contribution in [3.8, 4) is 0 Å². The van der Waals surface area contributed by atoms with E-state index >= 15 is 0 Å². The Kier molecular flexibility index (Phi) is 4.59. The van der Waals surface area contributed by atoms with Crippen LogP contribution in [0.5, 0.6) is 0 Å². The Labute approximate surface area is 156 Å². The Morgan fingerprint density at radius 1 is 1.15 bits per heavy atom. The van der Waals surface area contributed by atoms with Crippen molar-refractivity contribution in [1.29, 1.82) is 0 Å². The van der Waals surface area contributed by atoms with Gasteiger partial charge in [0.15, 0.2) is 0 Å². The van der Waals surface area contributed by atoms with Crippen LogP contribution in [0.3, 0.4) is 0 Å². The van der Waals surface area contributed by atoms with E-state index in [-0.39, 0.29) is 17.5 Å². The van der Waals surface area contributed by atoms with Crippen molar-refractivity contribution >= 4 is 11.7 Å². The van der Waals surface area contributed by atoms with Crippen LogP contribution in [0, 0.1) is 18.3 Å². The van der Waals surface area contributed by atoms with Crippen molar-refractivity contribution in [3.05, 3.63) is 29.8 Å². The number of carbonyl (C=O) groups is 1. The normalized spacial score (nSPS) is 30.3.